The van der Waals surface area contributed by atoms with Crippen LogP contribution in [0.1, 0.15) is 58.3 Å². The predicted octanol–water partition coefficient (Wildman–Crippen LogP) is 0.203. The lowest BCUT2D eigenvalue weighted by molar-refractivity contribution is -0.350. The van der Waals surface area contributed by atoms with Crippen molar-refractivity contribution in [2.45, 2.75) is 120 Å². The summed E-state index contributed by atoms with van der Waals surface area (Å²) in [5.41, 5.74) is 8.49. The van der Waals surface area contributed by atoms with Crippen molar-refractivity contribution < 1.29 is 63.4 Å². The van der Waals surface area contributed by atoms with E-state index in [0.717, 1.165) is 32.1 Å². The SMILES string of the molecule is CCCCCCCCCCOP(=O)(O)O[C@H]1O[C@H](CO)[C@@H](O[C@@H]2O[C@H](CN=[N+]=[N-])[C@H](O)[C@H](O)[C@H]2O)[C@H](O)[C@@H]1O. The molecule has 0 spiro atoms. The Labute approximate surface area is 226 Å². The highest BCUT2D eigenvalue weighted by Crippen LogP contribution is 2.47. The maximum atomic E-state index is 12.4. The Hall–Kier alpha value is -0.940. The minimum atomic E-state index is -4.71. The zero-order chi connectivity index (χ0) is 29.0. The molecule has 39 heavy (non-hydrogen) atoms. The number of aliphatic hydroxyl groups is 6. The van der Waals surface area contributed by atoms with E-state index in [1.165, 1.54) is 12.8 Å². The van der Waals surface area contributed by atoms with Gasteiger partial charge in [-0.1, -0.05) is 57.0 Å². The fraction of sp³-hybridized carbons (Fsp3) is 1.00. The maximum Gasteiger partial charge on any atom is 0.474 e. The summed E-state index contributed by atoms with van der Waals surface area (Å²) in [6.45, 7) is 0.824. The zero-order valence-electron chi connectivity index (χ0n) is 21.9. The van der Waals surface area contributed by atoms with E-state index in [-0.39, 0.29) is 6.61 Å². The minimum absolute atomic E-state index is 0.0780. The Bertz CT molecular complexity index is 805. The quantitative estimate of drug-likeness (QED) is 0.0395. The maximum absolute atomic E-state index is 12.4. The number of ether oxygens (including phenoxy) is 3. The largest absolute Gasteiger partial charge is 0.474 e. The fourth-order valence-corrected chi connectivity index (χ4v) is 5.19. The van der Waals surface area contributed by atoms with Crippen molar-refractivity contribution in [1.82, 2.24) is 0 Å². The van der Waals surface area contributed by atoms with E-state index in [4.69, 9.17) is 28.8 Å². The van der Waals surface area contributed by atoms with E-state index in [2.05, 4.69) is 16.9 Å². The molecule has 0 aromatic rings. The van der Waals surface area contributed by atoms with E-state index >= 15 is 0 Å². The molecule has 2 fully saturated rings. The number of unbranched alkanes of at least 4 members (excludes halogenated alkanes) is 7. The topological polar surface area (TPSA) is 254 Å². The summed E-state index contributed by atoms with van der Waals surface area (Å²) < 4.78 is 38.4. The summed E-state index contributed by atoms with van der Waals surface area (Å²) in [7, 11) is -4.71. The summed E-state index contributed by atoms with van der Waals surface area (Å²) >= 11 is 0. The van der Waals surface area contributed by atoms with Gasteiger partial charge in [-0.3, -0.25) is 9.05 Å². The van der Waals surface area contributed by atoms with Crippen LogP contribution in [0.4, 0.5) is 0 Å². The molecule has 1 unspecified atom stereocenters. The molecule has 0 bridgehead atoms. The highest BCUT2D eigenvalue weighted by atomic mass is 31.2. The van der Waals surface area contributed by atoms with Crippen molar-refractivity contribution in [3.05, 3.63) is 10.4 Å². The lowest BCUT2D eigenvalue weighted by atomic mass is 9.97. The van der Waals surface area contributed by atoms with Crippen LogP contribution in [-0.4, -0.2) is 117 Å². The van der Waals surface area contributed by atoms with E-state index in [0.29, 0.717) is 6.42 Å². The van der Waals surface area contributed by atoms with Gasteiger partial charge in [-0.15, -0.1) is 0 Å². The normalized spacial score (nSPS) is 36.7. The molecule has 17 heteroatoms. The molecule has 2 rings (SSSR count). The summed E-state index contributed by atoms with van der Waals surface area (Å²) in [5, 5.41) is 64.5. The van der Waals surface area contributed by atoms with Gasteiger partial charge in [0.15, 0.2) is 12.6 Å². The third kappa shape index (κ3) is 10.4. The van der Waals surface area contributed by atoms with Gasteiger partial charge in [-0.05, 0) is 12.0 Å². The molecule has 0 saturated carbocycles. The van der Waals surface area contributed by atoms with Gasteiger partial charge in [0.05, 0.1) is 25.9 Å². The number of aliphatic hydroxyl groups excluding tert-OH is 6. The first kappa shape index (κ1) is 34.3. The second-order valence-corrected chi connectivity index (χ2v) is 11.0. The first-order chi connectivity index (χ1) is 18.6. The van der Waals surface area contributed by atoms with E-state index in [1.54, 1.807) is 0 Å². The van der Waals surface area contributed by atoms with Crippen molar-refractivity contribution in [1.29, 1.82) is 0 Å². The van der Waals surface area contributed by atoms with Crippen LogP contribution in [0.25, 0.3) is 10.4 Å². The molecule has 0 amide bonds. The van der Waals surface area contributed by atoms with Crippen LogP contribution in [0, 0.1) is 0 Å². The van der Waals surface area contributed by atoms with E-state index in [1.807, 2.05) is 0 Å². The molecule has 0 aromatic carbocycles. The minimum Gasteiger partial charge on any atom is -0.394 e. The molecule has 2 heterocycles. The van der Waals surface area contributed by atoms with Gasteiger partial charge in [0.25, 0.3) is 0 Å². The highest BCUT2D eigenvalue weighted by Gasteiger charge is 2.51. The van der Waals surface area contributed by atoms with Gasteiger partial charge in [-0.25, -0.2) is 4.57 Å². The van der Waals surface area contributed by atoms with Gasteiger partial charge < -0.3 is 49.7 Å². The van der Waals surface area contributed by atoms with Crippen molar-refractivity contribution >= 4 is 7.82 Å². The van der Waals surface area contributed by atoms with Crippen LogP contribution in [-0.2, 0) is 27.8 Å². The summed E-state index contributed by atoms with van der Waals surface area (Å²) in [6.07, 6.45) is -8.96. The Balaban J connectivity index is 1.90. The second-order valence-electron chi connectivity index (χ2n) is 9.62. The Morgan fingerprint density at radius 2 is 1.44 bits per heavy atom. The molecule has 0 aromatic heterocycles. The summed E-state index contributed by atoms with van der Waals surface area (Å²) in [6, 6.07) is 0. The molecular formula is C22H42N3O13P. The van der Waals surface area contributed by atoms with Gasteiger partial charge >= 0.3 is 7.82 Å². The van der Waals surface area contributed by atoms with Gasteiger partial charge in [-0.2, -0.15) is 0 Å². The Morgan fingerprint density at radius 1 is 0.846 bits per heavy atom. The summed E-state index contributed by atoms with van der Waals surface area (Å²) in [4.78, 5) is 12.6. The average Bonchev–Trinajstić information content (AvgIpc) is 2.91. The number of hydrogen-bond donors (Lipinski definition) is 7. The number of phosphoric acid groups is 1. The average molecular weight is 588 g/mol. The van der Waals surface area contributed by atoms with Crippen LogP contribution in [0.5, 0.6) is 0 Å². The number of azide groups is 1. The van der Waals surface area contributed by atoms with Gasteiger partial charge in [0, 0.05) is 4.91 Å². The van der Waals surface area contributed by atoms with Gasteiger partial charge in [0.2, 0.25) is 0 Å². The van der Waals surface area contributed by atoms with Crippen LogP contribution in [0.2, 0.25) is 0 Å². The lowest BCUT2D eigenvalue weighted by Crippen LogP contribution is -2.64. The van der Waals surface area contributed by atoms with Crippen LogP contribution in [0.15, 0.2) is 5.11 Å². The molecule has 2 aliphatic rings. The molecule has 0 radical (unpaired) electrons. The molecule has 16 nitrogen and oxygen atoms in total. The van der Waals surface area contributed by atoms with Crippen LogP contribution >= 0.6 is 7.82 Å². The van der Waals surface area contributed by atoms with Crippen molar-refractivity contribution in [3.63, 3.8) is 0 Å². The zero-order valence-corrected chi connectivity index (χ0v) is 22.8. The second kappa shape index (κ2) is 17.1. The third-order valence-electron chi connectivity index (χ3n) is 6.59. The number of phosphoric ester groups is 1. The smallest absolute Gasteiger partial charge is 0.394 e. The molecule has 0 aliphatic carbocycles. The fourth-order valence-electron chi connectivity index (χ4n) is 4.34. The van der Waals surface area contributed by atoms with Crippen LogP contribution in [0.3, 0.4) is 0 Å². The molecule has 7 N–H and O–H groups in total. The predicted molar refractivity (Wildman–Crippen MR) is 133 cm³/mol. The van der Waals surface area contributed by atoms with E-state index < -0.39 is 82.4 Å². The lowest BCUT2D eigenvalue weighted by Gasteiger charge is -2.46. The standard InChI is InChI=1S/C22H42N3O13P/c1-2-3-4-5-6-7-8-9-10-34-39(32,33)38-22-19(31)17(29)20(14(12-26)36-22)37-21-18(30)16(28)15(27)13(35-21)11-24-25-23/h13-22,26-31H,2-12H2,1H3,(H,32,33)/t13-,14-,15+,16+,17-,18-,19+,20-,21+,22-/m1/s1. The molecule has 228 valence electrons. The van der Waals surface area contributed by atoms with Crippen LogP contribution < -0.4 is 0 Å². The Kier molecular flexibility index (Phi) is 15.0. The number of rotatable bonds is 17. The monoisotopic (exact) mass is 587 g/mol. The molecule has 2 aliphatic heterocycles. The third-order valence-corrected chi connectivity index (χ3v) is 7.58. The molecular weight excluding hydrogens is 545 g/mol. The number of nitrogens with zero attached hydrogens (tertiary/aromatic N) is 3. The van der Waals surface area contributed by atoms with Crippen molar-refractivity contribution in [2.24, 2.45) is 5.11 Å². The van der Waals surface area contributed by atoms with Gasteiger partial charge in [0.1, 0.15) is 42.7 Å². The highest BCUT2D eigenvalue weighted by molar-refractivity contribution is 7.47. The van der Waals surface area contributed by atoms with Crippen molar-refractivity contribution in [3.8, 4) is 0 Å². The van der Waals surface area contributed by atoms with Crippen molar-refractivity contribution in [2.75, 3.05) is 19.8 Å². The van der Waals surface area contributed by atoms with E-state index in [9.17, 15) is 40.1 Å². The molecule has 11 atom stereocenters. The molecule has 2 saturated heterocycles. The number of hydrogen-bond acceptors (Lipinski definition) is 13. The Morgan fingerprint density at radius 3 is 2.05 bits per heavy atom. The summed E-state index contributed by atoms with van der Waals surface area (Å²) in [5.74, 6) is 0. The first-order valence-corrected chi connectivity index (χ1v) is 14.7. The first-order valence-electron chi connectivity index (χ1n) is 13.2.